The number of nitrogens with one attached hydrogen (secondary N) is 1. The summed E-state index contributed by atoms with van der Waals surface area (Å²) in [5, 5.41) is 2.50. The van der Waals surface area contributed by atoms with E-state index in [2.05, 4.69) is 5.32 Å². The summed E-state index contributed by atoms with van der Waals surface area (Å²) in [6.07, 6.45) is -2.96. The van der Waals surface area contributed by atoms with Crippen LogP contribution in [0.5, 0.6) is 17.2 Å². The average Bonchev–Trinajstić information content (AvgIpc) is 3.25. The zero-order chi connectivity index (χ0) is 21.7. The van der Waals surface area contributed by atoms with Gasteiger partial charge in [-0.05, 0) is 49.2 Å². The Kier molecular flexibility index (Phi) is 6.71. The van der Waals surface area contributed by atoms with Crippen molar-refractivity contribution in [2.75, 3.05) is 32.8 Å². The number of benzene rings is 2. The van der Waals surface area contributed by atoms with Crippen LogP contribution in [0.15, 0.2) is 36.4 Å². The van der Waals surface area contributed by atoms with Crippen molar-refractivity contribution in [3.05, 3.63) is 47.5 Å². The molecule has 9 heteroatoms. The van der Waals surface area contributed by atoms with E-state index in [-0.39, 0.29) is 29.7 Å². The SMILES string of the molecule is COc1ccc(C(=O)Nc2cc(C(F)(F)F)ccc2OCC2CCCO2)cc1OC. The fourth-order valence-electron chi connectivity index (χ4n) is 3.06. The minimum atomic E-state index is -4.56. The van der Waals surface area contributed by atoms with Gasteiger partial charge in [-0.1, -0.05) is 0 Å². The van der Waals surface area contributed by atoms with Gasteiger partial charge in [0.2, 0.25) is 0 Å². The first-order valence-corrected chi connectivity index (χ1v) is 9.31. The van der Waals surface area contributed by atoms with Gasteiger partial charge in [-0.25, -0.2) is 0 Å². The van der Waals surface area contributed by atoms with E-state index in [1.807, 2.05) is 0 Å². The molecule has 0 bridgehead atoms. The van der Waals surface area contributed by atoms with Crippen LogP contribution in [-0.4, -0.2) is 39.4 Å². The van der Waals surface area contributed by atoms with Gasteiger partial charge in [0.05, 0.1) is 31.6 Å². The van der Waals surface area contributed by atoms with Gasteiger partial charge < -0.3 is 24.3 Å². The monoisotopic (exact) mass is 425 g/mol. The van der Waals surface area contributed by atoms with Gasteiger partial charge >= 0.3 is 6.18 Å². The average molecular weight is 425 g/mol. The molecule has 1 fully saturated rings. The number of alkyl halides is 3. The molecule has 162 valence electrons. The Labute approximate surface area is 171 Å². The quantitative estimate of drug-likeness (QED) is 0.706. The summed E-state index contributed by atoms with van der Waals surface area (Å²) in [6.45, 7) is 0.814. The summed E-state index contributed by atoms with van der Waals surface area (Å²) < 4.78 is 60.9. The maximum absolute atomic E-state index is 13.2. The zero-order valence-electron chi connectivity index (χ0n) is 16.5. The molecule has 0 aliphatic carbocycles. The summed E-state index contributed by atoms with van der Waals surface area (Å²) in [4.78, 5) is 12.7. The molecule has 3 rings (SSSR count). The summed E-state index contributed by atoms with van der Waals surface area (Å²) >= 11 is 0. The van der Waals surface area contributed by atoms with Gasteiger partial charge in [0.1, 0.15) is 12.4 Å². The number of rotatable bonds is 7. The highest BCUT2D eigenvalue weighted by Crippen LogP contribution is 2.36. The Morgan fingerprint density at radius 3 is 2.47 bits per heavy atom. The standard InChI is InChI=1S/C21H22F3NO5/c1-27-18-7-5-13(10-19(18)28-2)20(26)25-16-11-14(21(22,23)24)6-8-17(16)30-12-15-4-3-9-29-15/h5-8,10-11,15H,3-4,9,12H2,1-2H3,(H,25,26). The second-order valence-electron chi connectivity index (χ2n) is 6.68. The fraction of sp³-hybridized carbons (Fsp3) is 0.381. The van der Waals surface area contributed by atoms with Crippen LogP contribution in [0.3, 0.4) is 0 Å². The summed E-state index contributed by atoms with van der Waals surface area (Å²) in [5.74, 6) is 0.266. The van der Waals surface area contributed by atoms with Crippen molar-refractivity contribution in [1.29, 1.82) is 0 Å². The number of amides is 1. The van der Waals surface area contributed by atoms with Crippen LogP contribution in [0.4, 0.5) is 18.9 Å². The maximum Gasteiger partial charge on any atom is 0.416 e. The predicted molar refractivity (Wildman–Crippen MR) is 103 cm³/mol. The minimum absolute atomic E-state index is 0.0809. The highest BCUT2D eigenvalue weighted by molar-refractivity contribution is 6.05. The lowest BCUT2D eigenvalue weighted by Crippen LogP contribution is -2.19. The molecule has 6 nitrogen and oxygen atoms in total. The van der Waals surface area contributed by atoms with Crippen LogP contribution in [0.2, 0.25) is 0 Å². The van der Waals surface area contributed by atoms with Crippen molar-refractivity contribution in [2.24, 2.45) is 0 Å². The van der Waals surface area contributed by atoms with E-state index >= 15 is 0 Å². The maximum atomic E-state index is 13.2. The molecule has 0 aromatic heterocycles. The zero-order valence-corrected chi connectivity index (χ0v) is 16.5. The summed E-state index contributed by atoms with van der Waals surface area (Å²) in [7, 11) is 2.88. The first-order chi connectivity index (χ1) is 14.3. The molecule has 1 aliphatic rings. The normalized spacial score (nSPS) is 16.2. The van der Waals surface area contributed by atoms with Crippen LogP contribution < -0.4 is 19.5 Å². The van der Waals surface area contributed by atoms with Gasteiger partial charge in [0.25, 0.3) is 5.91 Å². The first kappa shape index (κ1) is 21.8. The van der Waals surface area contributed by atoms with E-state index in [0.29, 0.717) is 18.1 Å². The van der Waals surface area contributed by atoms with Gasteiger partial charge in [-0.15, -0.1) is 0 Å². The Hall–Kier alpha value is -2.94. The molecular formula is C21H22F3NO5. The van der Waals surface area contributed by atoms with Gasteiger partial charge in [-0.2, -0.15) is 13.2 Å². The third-order valence-corrected chi connectivity index (χ3v) is 4.65. The number of carbonyl (C=O) groups is 1. The van der Waals surface area contributed by atoms with E-state index in [4.69, 9.17) is 18.9 Å². The molecule has 30 heavy (non-hydrogen) atoms. The van der Waals surface area contributed by atoms with Crippen molar-refractivity contribution in [1.82, 2.24) is 0 Å². The van der Waals surface area contributed by atoms with Gasteiger partial charge in [0.15, 0.2) is 11.5 Å². The number of ether oxygens (including phenoxy) is 4. The molecule has 1 aliphatic heterocycles. The highest BCUT2D eigenvalue weighted by Gasteiger charge is 2.31. The predicted octanol–water partition coefficient (Wildman–Crippen LogP) is 4.53. The van der Waals surface area contributed by atoms with Crippen molar-refractivity contribution in [3.8, 4) is 17.2 Å². The Balaban J connectivity index is 1.84. The van der Waals surface area contributed by atoms with Gasteiger partial charge in [-0.3, -0.25) is 4.79 Å². The number of methoxy groups -OCH3 is 2. The second kappa shape index (κ2) is 9.25. The molecule has 0 saturated carbocycles. The molecular weight excluding hydrogens is 403 g/mol. The summed E-state index contributed by atoms with van der Waals surface area (Å²) in [5.41, 5.74) is -0.785. The van der Waals surface area contributed by atoms with Crippen molar-refractivity contribution >= 4 is 11.6 Å². The number of halogens is 3. The topological polar surface area (TPSA) is 66.0 Å². The van der Waals surface area contributed by atoms with E-state index in [1.54, 1.807) is 0 Å². The van der Waals surface area contributed by atoms with E-state index < -0.39 is 17.6 Å². The number of carbonyl (C=O) groups excluding carboxylic acids is 1. The molecule has 1 heterocycles. The van der Waals surface area contributed by atoms with Crippen molar-refractivity contribution < 1.29 is 36.9 Å². The second-order valence-corrected chi connectivity index (χ2v) is 6.68. The lowest BCUT2D eigenvalue weighted by Gasteiger charge is -2.17. The number of hydrogen-bond acceptors (Lipinski definition) is 5. The molecule has 1 amide bonds. The van der Waals surface area contributed by atoms with Crippen molar-refractivity contribution in [3.63, 3.8) is 0 Å². The molecule has 1 saturated heterocycles. The molecule has 0 radical (unpaired) electrons. The van der Waals surface area contributed by atoms with E-state index in [1.165, 1.54) is 38.5 Å². The fourth-order valence-corrected chi connectivity index (χ4v) is 3.06. The third kappa shape index (κ3) is 5.15. The molecule has 2 aromatic carbocycles. The number of hydrogen-bond donors (Lipinski definition) is 1. The molecule has 1 N–H and O–H groups in total. The Bertz CT molecular complexity index is 895. The van der Waals surface area contributed by atoms with Crippen LogP contribution in [0.1, 0.15) is 28.8 Å². The van der Waals surface area contributed by atoms with Crippen LogP contribution in [-0.2, 0) is 10.9 Å². The largest absolute Gasteiger partial charge is 0.493 e. The first-order valence-electron chi connectivity index (χ1n) is 9.31. The van der Waals surface area contributed by atoms with Gasteiger partial charge in [0, 0.05) is 12.2 Å². The Morgan fingerprint density at radius 1 is 1.10 bits per heavy atom. The van der Waals surface area contributed by atoms with Crippen LogP contribution >= 0.6 is 0 Å². The Morgan fingerprint density at radius 2 is 1.83 bits per heavy atom. The van der Waals surface area contributed by atoms with E-state index in [0.717, 1.165) is 25.0 Å². The minimum Gasteiger partial charge on any atom is -0.493 e. The molecule has 2 aromatic rings. The highest BCUT2D eigenvalue weighted by atomic mass is 19.4. The van der Waals surface area contributed by atoms with Crippen LogP contribution in [0.25, 0.3) is 0 Å². The van der Waals surface area contributed by atoms with E-state index in [9.17, 15) is 18.0 Å². The number of anilines is 1. The third-order valence-electron chi connectivity index (χ3n) is 4.65. The van der Waals surface area contributed by atoms with Crippen molar-refractivity contribution in [2.45, 2.75) is 25.1 Å². The summed E-state index contributed by atoms with van der Waals surface area (Å²) in [6, 6.07) is 7.42. The lowest BCUT2D eigenvalue weighted by atomic mass is 10.1. The molecule has 0 spiro atoms. The molecule has 1 atom stereocenters. The smallest absolute Gasteiger partial charge is 0.416 e. The lowest BCUT2D eigenvalue weighted by molar-refractivity contribution is -0.137. The van der Waals surface area contributed by atoms with Crippen LogP contribution in [0, 0.1) is 0 Å². The molecule has 1 unspecified atom stereocenters.